The minimum atomic E-state index is 0.334. The van der Waals surface area contributed by atoms with Gasteiger partial charge in [0.25, 0.3) is 0 Å². The second-order valence-electron chi connectivity index (χ2n) is 5.03. The van der Waals surface area contributed by atoms with Crippen molar-refractivity contribution in [3.8, 4) is 0 Å². The van der Waals surface area contributed by atoms with Gasteiger partial charge in [0.2, 0.25) is 0 Å². The standard InChI is InChI=1S/C11H17NO/c1-11(2,3)9-5-4-6-10-8(9)7-13-12-10/h7,9H,4-6H2,1-3H3. The Morgan fingerprint density at radius 2 is 2.23 bits per heavy atom. The molecule has 1 atom stereocenters. The van der Waals surface area contributed by atoms with Crippen molar-refractivity contribution in [1.29, 1.82) is 0 Å². The molecule has 13 heavy (non-hydrogen) atoms. The van der Waals surface area contributed by atoms with Crippen LogP contribution < -0.4 is 0 Å². The molecule has 0 amide bonds. The molecule has 0 radical (unpaired) electrons. The van der Waals surface area contributed by atoms with Crippen molar-refractivity contribution in [1.82, 2.24) is 5.16 Å². The maximum absolute atomic E-state index is 5.04. The Kier molecular flexibility index (Phi) is 1.94. The first-order chi connectivity index (χ1) is 6.09. The van der Waals surface area contributed by atoms with Crippen molar-refractivity contribution >= 4 is 0 Å². The molecular formula is C11H17NO. The van der Waals surface area contributed by atoms with Crippen LogP contribution in [-0.2, 0) is 6.42 Å². The van der Waals surface area contributed by atoms with Crippen molar-refractivity contribution in [3.63, 3.8) is 0 Å². The predicted octanol–water partition coefficient (Wildman–Crippen LogP) is 3.14. The number of aromatic nitrogens is 1. The first kappa shape index (κ1) is 8.79. The van der Waals surface area contributed by atoms with Gasteiger partial charge in [-0.05, 0) is 30.6 Å². The van der Waals surface area contributed by atoms with E-state index < -0.39 is 0 Å². The van der Waals surface area contributed by atoms with Crippen LogP contribution in [0.1, 0.15) is 50.8 Å². The van der Waals surface area contributed by atoms with Gasteiger partial charge < -0.3 is 4.52 Å². The molecule has 0 fully saturated rings. The summed E-state index contributed by atoms with van der Waals surface area (Å²) >= 11 is 0. The Labute approximate surface area is 79.3 Å². The lowest BCUT2D eigenvalue weighted by atomic mass is 9.71. The van der Waals surface area contributed by atoms with E-state index in [0.717, 1.165) is 6.42 Å². The summed E-state index contributed by atoms with van der Waals surface area (Å²) in [5.41, 5.74) is 2.87. The van der Waals surface area contributed by atoms with Crippen molar-refractivity contribution in [3.05, 3.63) is 17.5 Å². The molecular weight excluding hydrogens is 162 g/mol. The van der Waals surface area contributed by atoms with Gasteiger partial charge in [-0.1, -0.05) is 25.9 Å². The van der Waals surface area contributed by atoms with Gasteiger partial charge in [0.05, 0.1) is 5.69 Å². The van der Waals surface area contributed by atoms with Crippen molar-refractivity contribution in [2.75, 3.05) is 0 Å². The number of hydrogen-bond donors (Lipinski definition) is 0. The van der Waals surface area contributed by atoms with Crippen LogP contribution >= 0.6 is 0 Å². The van der Waals surface area contributed by atoms with Gasteiger partial charge in [-0.2, -0.15) is 0 Å². The van der Waals surface area contributed by atoms with Gasteiger partial charge in [0.1, 0.15) is 6.26 Å². The zero-order chi connectivity index (χ0) is 9.47. The summed E-state index contributed by atoms with van der Waals surface area (Å²) in [4.78, 5) is 0. The van der Waals surface area contributed by atoms with Crippen LogP contribution in [-0.4, -0.2) is 5.16 Å². The van der Waals surface area contributed by atoms with Gasteiger partial charge in [-0.25, -0.2) is 0 Å². The van der Waals surface area contributed by atoms with Gasteiger partial charge in [-0.3, -0.25) is 0 Å². The third-order valence-electron chi connectivity index (χ3n) is 3.00. The summed E-state index contributed by atoms with van der Waals surface area (Å²) in [6, 6.07) is 0. The van der Waals surface area contributed by atoms with Gasteiger partial charge in [0, 0.05) is 5.56 Å². The summed E-state index contributed by atoms with van der Waals surface area (Å²) < 4.78 is 5.04. The molecule has 2 heteroatoms. The summed E-state index contributed by atoms with van der Waals surface area (Å²) in [6.45, 7) is 6.87. The summed E-state index contributed by atoms with van der Waals surface area (Å²) in [6.07, 6.45) is 5.46. The Balaban J connectivity index is 2.35. The van der Waals surface area contributed by atoms with E-state index in [4.69, 9.17) is 4.52 Å². The molecule has 1 aliphatic rings. The maximum Gasteiger partial charge on any atom is 0.127 e. The molecule has 1 heterocycles. The minimum absolute atomic E-state index is 0.334. The largest absolute Gasteiger partial charge is 0.364 e. The van der Waals surface area contributed by atoms with Crippen LogP contribution in [0.15, 0.2) is 10.8 Å². The monoisotopic (exact) mass is 179 g/mol. The number of aryl methyl sites for hydroxylation is 1. The third-order valence-corrected chi connectivity index (χ3v) is 3.00. The van der Waals surface area contributed by atoms with Crippen LogP contribution in [0.2, 0.25) is 0 Å². The second kappa shape index (κ2) is 2.86. The molecule has 0 spiro atoms. The van der Waals surface area contributed by atoms with Gasteiger partial charge in [-0.15, -0.1) is 0 Å². The molecule has 1 unspecified atom stereocenters. The highest BCUT2D eigenvalue weighted by atomic mass is 16.5. The molecule has 0 saturated carbocycles. The molecule has 1 aromatic rings. The molecule has 2 rings (SSSR count). The maximum atomic E-state index is 5.04. The zero-order valence-corrected chi connectivity index (χ0v) is 8.63. The first-order valence-corrected chi connectivity index (χ1v) is 5.02. The van der Waals surface area contributed by atoms with Crippen LogP contribution in [0.3, 0.4) is 0 Å². The molecule has 0 aromatic carbocycles. The van der Waals surface area contributed by atoms with E-state index in [-0.39, 0.29) is 0 Å². The quantitative estimate of drug-likeness (QED) is 0.611. The highest BCUT2D eigenvalue weighted by Crippen LogP contribution is 2.42. The fraction of sp³-hybridized carbons (Fsp3) is 0.727. The molecule has 72 valence electrons. The Morgan fingerprint density at radius 1 is 1.46 bits per heavy atom. The summed E-state index contributed by atoms with van der Waals surface area (Å²) in [5.74, 6) is 0.627. The predicted molar refractivity (Wildman–Crippen MR) is 51.6 cm³/mol. The van der Waals surface area contributed by atoms with E-state index in [1.54, 1.807) is 0 Å². The van der Waals surface area contributed by atoms with Crippen molar-refractivity contribution in [2.24, 2.45) is 5.41 Å². The van der Waals surface area contributed by atoms with E-state index >= 15 is 0 Å². The second-order valence-corrected chi connectivity index (χ2v) is 5.03. The third kappa shape index (κ3) is 1.50. The van der Waals surface area contributed by atoms with Gasteiger partial charge in [0.15, 0.2) is 0 Å². The number of nitrogens with zero attached hydrogens (tertiary/aromatic N) is 1. The van der Waals surface area contributed by atoms with Gasteiger partial charge >= 0.3 is 0 Å². The van der Waals surface area contributed by atoms with Crippen LogP contribution in [0, 0.1) is 5.41 Å². The molecule has 1 aliphatic carbocycles. The zero-order valence-electron chi connectivity index (χ0n) is 8.63. The smallest absolute Gasteiger partial charge is 0.127 e. The Hall–Kier alpha value is -0.790. The topological polar surface area (TPSA) is 26.0 Å². The van der Waals surface area contributed by atoms with E-state index in [2.05, 4.69) is 25.9 Å². The first-order valence-electron chi connectivity index (χ1n) is 5.02. The lowest BCUT2D eigenvalue weighted by Crippen LogP contribution is -2.22. The average Bonchev–Trinajstić information content (AvgIpc) is 2.48. The van der Waals surface area contributed by atoms with Crippen LogP contribution in [0.4, 0.5) is 0 Å². The SMILES string of the molecule is CC(C)(C)C1CCCc2nocc21. The highest BCUT2D eigenvalue weighted by Gasteiger charge is 2.32. The average molecular weight is 179 g/mol. The lowest BCUT2D eigenvalue weighted by molar-refractivity contribution is 0.289. The fourth-order valence-corrected chi connectivity index (χ4v) is 2.27. The molecule has 1 aromatic heterocycles. The van der Waals surface area contributed by atoms with E-state index in [1.807, 2.05) is 6.26 Å². The van der Waals surface area contributed by atoms with Crippen LogP contribution in [0.25, 0.3) is 0 Å². The molecule has 2 nitrogen and oxygen atoms in total. The normalized spacial score (nSPS) is 22.8. The molecule has 0 bridgehead atoms. The van der Waals surface area contributed by atoms with E-state index in [1.165, 1.54) is 24.1 Å². The van der Waals surface area contributed by atoms with E-state index in [0.29, 0.717) is 11.3 Å². The van der Waals surface area contributed by atoms with Crippen molar-refractivity contribution < 1.29 is 4.52 Å². The molecule has 0 saturated heterocycles. The molecule has 0 aliphatic heterocycles. The minimum Gasteiger partial charge on any atom is -0.364 e. The Bertz CT molecular complexity index is 295. The lowest BCUT2D eigenvalue weighted by Gasteiger charge is -2.32. The van der Waals surface area contributed by atoms with Crippen molar-refractivity contribution in [2.45, 2.75) is 46.0 Å². The number of hydrogen-bond acceptors (Lipinski definition) is 2. The molecule has 0 N–H and O–H groups in total. The fourth-order valence-electron chi connectivity index (χ4n) is 2.27. The summed E-state index contributed by atoms with van der Waals surface area (Å²) in [7, 11) is 0. The number of fused-ring (bicyclic) bond motifs is 1. The number of rotatable bonds is 0. The summed E-state index contributed by atoms with van der Waals surface area (Å²) in [5, 5.41) is 4.05. The van der Waals surface area contributed by atoms with Crippen LogP contribution in [0.5, 0.6) is 0 Å². The van der Waals surface area contributed by atoms with E-state index in [9.17, 15) is 0 Å². The Morgan fingerprint density at radius 3 is 2.92 bits per heavy atom. The highest BCUT2D eigenvalue weighted by molar-refractivity contribution is 5.24.